The average Bonchev–Trinajstić information content (AvgIpc) is 3.23. The third-order valence-corrected chi connectivity index (χ3v) is 9.57. The predicted molar refractivity (Wildman–Crippen MR) is 220 cm³/mol. The summed E-state index contributed by atoms with van der Waals surface area (Å²) in [6.07, 6.45) is 1.70. The number of unbranched alkanes of at least 4 members (excludes halogenated alkanes) is 4. The number of nitrogens with zero attached hydrogens (tertiary/aromatic N) is 2. The summed E-state index contributed by atoms with van der Waals surface area (Å²) in [5, 5.41) is 18.1. The Hall–Kier alpha value is -4.18. The van der Waals surface area contributed by atoms with Crippen molar-refractivity contribution in [2.75, 3.05) is 105 Å². The molecule has 2 aromatic carbocycles. The molecule has 0 saturated heterocycles. The van der Waals surface area contributed by atoms with Crippen LogP contribution in [0.15, 0.2) is 30.3 Å². The molecule has 356 valence electrons. The lowest BCUT2D eigenvalue weighted by Gasteiger charge is -2.32. The fourth-order valence-corrected chi connectivity index (χ4v) is 6.19. The molecule has 1 aromatic heterocycles. The highest BCUT2D eigenvalue weighted by atomic mass is 19.4. The van der Waals surface area contributed by atoms with Crippen molar-refractivity contribution in [2.45, 2.75) is 70.4 Å². The fourth-order valence-electron chi connectivity index (χ4n) is 6.19. The van der Waals surface area contributed by atoms with Crippen molar-refractivity contribution in [3.05, 3.63) is 70.3 Å². The third kappa shape index (κ3) is 18.4. The van der Waals surface area contributed by atoms with Crippen molar-refractivity contribution in [3.8, 4) is 0 Å². The zero-order chi connectivity index (χ0) is 46.8. The van der Waals surface area contributed by atoms with E-state index in [-0.39, 0.29) is 54.8 Å². The molecule has 3 rings (SSSR count). The highest BCUT2D eigenvalue weighted by Crippen LogP contribution is 2.42. The highest BCUT2D eigenvalue weighted by molar-refractivity contribution is 5.95. The number of rotatable bonds is 31. The van der Waals surface area contributed by atoms with Crippen LogP contribution in [0.2, 0.25) is 0 Å². The zero-order valence-electron chi connectivity index (χ0n) is 36.0. The van der Waals surface area contributed by atoms with Gasteiger partial charge in [-0.1, -0.05) is 51.7 Å². The standard InChI is InChI=1S/C41H59F4N3O8.C2HF3O2/c1-4-6-8-11-30-27-31-32(12-10-13-35(31)47-39(30)46)41(40(49)50,36-37(44)33(42)28-34(43)38(36)45)29-56-26-25-55-24-23-54-22-21-53-20-19-52-18-17-51-16-15-48(3)14-9-7-5-2;3-2(4,5)1(6)7/h10,12-13,27-28H,4-9,11,14-26,29H2,1-3H3,(H2,46,47)(H,49,50);(H,6,7). The second kappa shape index (κ2) is 29.3. The maximum atomic E-state index is 15.5. The van der Waals surface area contributed by atoms with Crippen LogP contribution in [0, 0.1) is 23.3 Å². The Morgan fingerprint density at radius 3 is 1.63 bits per heavy atom. The molecule has 1 heterocycles. The Morgan fingerprint density at radius 2 is 1.16 bits per heavy atom. The number of ether oxygens (including phenoxy) is 6. The molecule has 0 aliphatic heterocycles. The first-order valence-corrected chi connectivity index (χ1v) is 20.7. The zero-order valence-corrected chi connectivity index (χ0v) is 36.0. The van der Waals surface area contributed by atoms with Crippen LogP contribution in [0.4, 0.5) is 36.6 Å². The minimum absolute atomic E-state index is 0.0320. The van der Waals surface area contributed by atoms with E-state index < -0.39 is 59.0 Å². The van der Waals surface area contributed by atoms with Crippen LogP contribution in [0.3, 0.4) is 0 Å². The topological polar surface area (TPSA) is 172 Å². The molecule has 0 amide bonds. The van der Waals surface area contributed by atoms with Crippen molar-refractivity contribution in [1.29, 1.82) is 0 Å². The molecule has 3 aromatic rings. The molecule has 20 heteroatoms. The Kier molecular flexibility index (Phi) is 25.6. The Bertz CT molecular complexity index is 1800. The number of carboxylic acids is 2. The van der Waals surface area contributed by atoms with Crippen molar-refractivity contribution in [2.24, 2.45) is 0 Å². The van der Waals surface area contributed by atoms with Gasteiger partial charge in [0.15, 0.2) is 23.3 Å². The predicted octanol–water partition coefficient (Wildman–Crippen LogP) is 7.33. The second-order valence-corrected chi connectivity index (χ2v) is 14.3. The van der Waals surface area contributed by atoms with E-state index in [1.807, 2.05) is 6.92 Å². The summed E-state index contributed by atoms with van der Waals surface area (Å²) in [7, 11) is 2.10. The van der Waals surface area contributed by atoms with Gasteiger partial charge in [-0.25, -0.2) is 27.3 Å². The summed E-state index contributed by atoms with van der Waals surface area (Å²) in [5.41, 5.74) is 2.81. The van der Waals surface area contributed by atoms with Gasteiger partial charge in [-0.05, 0) is 56.1 Å². The number of carbonyl (C=O) groups is 2. The van der Waals surface area contributed by atoms with E-state index in [0.29, 0.717) is 58.2 Å². The average molecular weight is 912 g/mol. The normalized spacial score (nSPS) is 12.7. The first-order chi connectivity index (χ1) is 30.0. The van der Waals surface area contributed by atoms with Gasteiger partial charge in [0.25, 0.3) is 0 Å². The van der Waals surface area contributed by atoms with Crippen molar-refractivity contribution in [1.82, 2.24) is 9.88 Å². The number of nitrogen functional groups attached to an aromatic ring is 1. The summed E-state index contributed by atoms with van der Waals surface area (Å²) in [6.45, 7) is 8.68. The number of aryl methyl sites for hydroxylation is 1. The van der Waals surface area contributed by atoms with E-state index in [2.05, 4.69) is 23.9 Å². The number of halogens is 7. The highest BCUT2D eigenvalue weighted by Gasteiger charge is 2.49. The molecule has 4 N–H and O–H groups in total. The number of anilines is 1. The molecule has 0 fully saturated rings. The van der Waals surface area contributed by atoms with Gasteiger partial charge in [-0.2, -0.15) is 13.2 Å². The summed E-state index contributed by atoms with van der Waals surface area (Å²) in [4.78, 5) is 28.8. The molecule has 1 unspecified atom stereocenters. The largest absolute Gasteiger partial charge is 0.490 e. The van der Waals surface area contributed by atoms with Crippen LogP contribution < -0.4 is 5.73 Å². The van der Waals surface area contributed by atoms with Crippen LogP contribution in [0.5, 0.6) is 0 Å². The third-order valence-electron chi connectivity index (χ3n) is 9.57. The number of nitrogens with two attached hydrogens (primary N) is 1. The number of likely N-dealkylation sites (N-methyl/N-ethyl adjacent to an activating group) is 1. The van der Waals surface area contributed by atoms with E-state index in [9.17, 15) is 31.9 Å². The summed E-state index contributed by atoms with van der Waals surface area (Å²) >= 11 is 0. The fraction of sp³-hybridized carbons (Fsp3) is 0.605. The number of hydrogen-bond donors (Lipinski definition) is 3. The number of aliphatic carboxylic acids is 2. The van der Waals surface area contributed by atoms with Crippen LogP contribution in [-0.4, -0.2) is 138 Å². The Morgan fingerprint density at radius 1 is 0.683 bits per heavy atom. The maximum Gasteiger partial charge on any atom is 0.490 e. The lowest BCUT2D eigenvalue weighted by Crippen LogP contribution is -2.44. The van der Waals surface area contributed by atoms with Crippen molar-refractivity contribution < 1.29 is 79.0 Å². The number of alkyl halides is 3. The van der Waals surface area contributed by atoms with Gasteiger partial charge in [-0.15, -0.1) is 0 Å². The van der Waals surface area contributed by atoms with E-state index in [4.69, 9.17) is 44.1 Å². The Balaban J connectivity index is 0.00000179. The number of carboxylic acid groups (broad SMARTS) is 2. The monoisotopic (exact) mass is 911 g/mol. The molecule has 0 spiro atoms. The van der Waals surface area contributed by atoms with Gasteiger partial charge in [0.2, 0.25) is 0 Å². The molecular formula is C43H60F7N3O10. The number of fused-ring (bicyclic) bond motifs is 1. The number of aromatic nitrogens is 1. The first-order valence-electron chi connectivity index (χ1n) is 20.7. The van der Waals surface area contributed by atoms with E-state index in [1.165, 1.54) is 31.4 Å². The van der Waals surface area contributed by atoms with Crippen LogP contribution >= 0.6 is 0 Å². The number of pyridine rings is 1. The molecule has 63 heavy (non-hydrogen) atoms. The van der Waals surface area contributed by atoms with Crippen molar-refractivity contribution >= 4 is 28.7 Å². The lowest BCUT2D eigenvalue weighted by molar-refractivity contribution is -0.192. The van der Waals surface area contributed by atoms with Crippen molar-refractivity contribution in [3.63, 3.8) is 0 Å². The van der Waals surface area contributed by atoms with Crippen LogP contribution in [0.1, 0.15) is 69.1 Å². The van der Waals surface area contributed by atoms with Gasteiger partial charge in [0.1, 0.15) is 11.2 Å². The van der Waals surface area contributed by atoms with E-state index in [1.54, 1.807) is 12.1 Å². The van der Waals surface area contributed by atoms with E-state index >= 15 is 8.78 Å². The molecule has 0 saturated carbocycles. The van der Waals surface area contributed by atoms with Crippen LogP contribution in [-0.2, 0) is 49.8 Å². The molecule has 0 aliphatic rings. The molecular weight excluding hydrogens is 851 g/mol. The lowest BCUT2D eigenvalue weighted by atomic mass is 9.72. The smallest absolute Gasteiger partial charge is 0.480 e. The van der Waals surface area contributed by atoms with Gasteiger partial charge in [-0.3, -0.25) is 4.79 Å². The molecule has 0 radical (unpaired) electrons. The molecule has 13 nitrogen and oxygen atoms in total. The quantitative estimate of drug-likeness (QED) is 0.0333. The minimum atomic E-state index is -5.08. The van der Waals surface area contributed by atoms with Gasteiger partial charge in [0, 0.05) is 18.0 Å². The van der Waals surface area contributed by atoms with E-state index in [0.717, 1.165) is 32.4 Å². The molecule has 0 aliphatic carbocycles. The maximum absolute atomic E-state index is 15.5. The van der Waals surface area contributed by atoms with Gasteiger partial charge in [0.05, 0.1) is 90.4 Å². The van der Waals surface area contributed by atoms with Gasteiger partial charge >= 0.3 is 18.1 Å². The molecule has 1 atom stereocenters. The summed E-state index contributed by atoms with van der Waals surface area (Å²) < 4.78 is 125. The van der Waals surface area contributed by atoms with Crippen LogP contribution in [0.25, 0.3) is 10.9 Å². The molecule has 0 bridgehead atoms. The second-order valence-electron chi connectivity index (χ2n) is 14.3. The minimum Gasteiger partial charge on any atom is -0.480 e. The van der Waals surface area contributed by atoms with Gasteiger partial charge < -0.3 is 49.3 Å². The SMILES string of the molecule is CCCCCc1cc2c(C(COCCOCCOCCOCCOCCOCCN(C)CCCCC)(C(=O)O)c3c(F)c(F)cc(F)c3F)cccc2nc1N.O=C(O)C(F)(F)F. The number of benzene rings is 2. The Labute approximate surface area is 362 Å². The summed E-state index contributed by atoms with van der Waals surface area (Å²) in [6, 6.07) is 5.96. The number of hydrogen-bond acceptors (Lipinski definition) is 11. The summed E-state index contributed by atoms with van der Waals surface area (Å²) in [5.74, 6) is -11.5. The first kappa shape index (κ1) is 55.0.